The van der Waals surface area contributed by atoms with Crippen molar-refractivity contribution in [1.82, 2.24) is 19.6 Å². The first-order chi connectivity index (χ1) is 15.7. The van der Waals surface area contributed by atoms with Gasteiger partial charge in [0.05, 0.1) is 39.0 Å². The Balaban J connectivity index is 1.47. The van der Waals surface area contributed by atoms with Gasteiger partial charge in [0, 0.05) is 17.3 Å². The summed E-state index contributed by atoms with van der Waals surface area (Å²) in [4.78, 5) is 12.9. The minimum atomic E-state index is -0.217. The van der Waals surface area contributed by atoms with Crippen LogP contribution in [-0.2, 0) is 13.1 Å². The number of rotatable bonds is 6. The number of aromatic nitrogens is 4. The third-order valence-corrected chi connectivity index (χ3v) is 7.24. The molecule has 33 heavy (non-hydrogen) atoms. The molecule has 0 atom stereocenters. The van der Waals surface area contributed by atoms with Crippen LogP contribution in [0.5, 0.6) is 0 Å². The molecular weight excluding hydrogens is 525 g/mol. The molecule has 0 spiro atoms. The molecule has 2 aromatic heterocycles. The van der Waals surface area contributed by atoms with Crippen molar-refractivity contribution in [3.05, 3.63) is 96.8 Å². The molecule has 0 saturated carbocycles. The van der Waals surface area contributed by atoms with Gasteiger partial charge in [-0.1, -0.05) is 41.4 Å². The minimum Gasteiger partial charge on any atom is -0.305 e. The number of hydrogen-bond donors (Lipinski definition) is 1. The number of aryl methyl sites for hydroxylation is 2. The highest BCUT2D eigenvalue weighted by molar-refractivity contribution is 9.10. The number of carbonyl (C=O) groups excluding carboxylic acids is 1. The van der Waals surface area contributed by atoms with E-state index < -0.39 is 0 Å². The Kier molecular flexibility index (Phi) is 6.93. The Morgan fingerprint density at radius 1 is 0.939 bits per heavy atom. The van der Waals surface area contributed by atoms with E-state index in [4.69, 9.17) is 23.2 Å². The third-order valence-electron chi connectivity index (χ3n) is 5.35. The van der Waals surface area contributed by atoms with Crippen molar-refractivity contribution >= 4 is 50.9 Å². The van der Waals surface area contributed by atoms with Gasteiger partial charge in [-0.05, 0) is 72.1 Å². The van der Waals surface area contributed by atoms with Crippen molar-refractivity contribution in [1.29, 1.82) is 0 Å². The summed E-state index contributed by atoms with van der Waals surface area (Å²) < 4.78 is 4.74. The Morgan fingerprint density at radius 3 is 2.36 bits per heavy atom. The molecule has 2 aromatic carbocycles. The minimum absolute atomic E-state index is 0.217. The zero-order valence-corrected chi connectivity index (χ0v) is 21.5. The van der Waals surface area contributed by atoms with E-state index in [0.717, 1.165) is 32.7 Å². The van der Waals surface area contributed by atoms with E-state index in [-0.39, 0.29) is 5.91 Å². The maximum absolute atomic E-state index is 12.9. The Hall–Kier alpha value is -2.61. The fourth-order valence-corrected chi connectivity index (χ4v) is 4.15. The molecule has 170 valence electrons. The summed E-state index contributed by atoms with van der Waals surface area (Å²) in [6, 6.07) is 14.8. The number of benzene rings is 2. The zero-order chi connectivity index (χ0) is 23.7. The van der Waals surface area contributed by atoms with Gasteiger partial charge in [0.15, 0.2) is 5.82 Å². The highest BCUT2D eigenvalue weighted by atomic mass is 79.9. The molecule has 0 fully saturated rings. The SMILES string of the molecule is Cc1nn(Cc2cccc(C(=O)Nc3cc(C)n(Cc4ccc(Cl)c(Cl)c4)n3)c2)c(C)c1Br. The van der Waals surface area contributed by atoms with Gasteiger partial charge in [0.2, 0.25) is 0 Å². The van der Waals surface area contributed by atoms with E-state index in [1.165, 1.54) is 0 Å². The summed E-state index contributed by atoms with van der Waals surface area (Å²) in [5, 5.41) is 13.0. The highest BCUT2D eigenvalue weighted by Crippen LogP contribution is 2.24. The van der Waals surface area contributed by atoms with Crippen LogP contribution in [0.4, 0.5) is 5.82 Å². The number of nitrogens with zero attached hydrogens (tertiary/aromatic N) is 4. The summed E-state index contributed by atoms with van der Waals surface area (Å²) >= 11 is 15.7. The van der Waals surface area contributed by atoms with Gasteiger partial charge < -0.3 is 5.32 Å². The second-order valence-electron chi connectivity index (χ2n) is 7.87. The smallest absolute Gasteiger partial charge is 0.256 e. The first-order valence-corrected chi connectivity index (χ1v) is 11.8. The van der Waals surface area contributed by atoms with Crippen LogP contribution < -0.4 is 5.32 Å². The Bertz CT molecular complexity index is 1340. The zero-order valence-electron chi connectivity index (χ0n) is 18.4. The van der Waals surface area contributed by atoms with E-state index in [1.54, 1.807) is 12.1 Å². The summed E-state index contributed by atoms with van der Waals surface area (Å²) in [5.74, 6) is 0.274. The lowest BCUT2D eigenvalue weighted by atomic mass is 10.1. The monoisotopic (exact) mass is 545 g/mol. The maximum atomic E-state index is 12.9. The van der Waals surface area contributed by atoms with Crippen molar-refractivity contribution in [3.8, 4) is 0 Å². The quantitative estimate of drug-likeness (QED) is 0.303. The molecule has 0 aliphatic rings. The molecule has 4 rings (SSSR count). The molecule has 0 saturated heterocycles. The van der Waals surface area contributed by atoms with Gasteiger partial charge in [-0.15, -0.1) is 0 Å². The Morgan fingerprint density at radius 2 is 1.67 bits per heavy atom. The number of nitrogens with one attached hydrogen (secondary N) is 1. The van der Waals surface area contributed by atoms with Crippen molar-refractivity contribution in [2.75, 3.05) is 5.32 Å². The van der Waals surface area contributed by atoms with E-state index in [1.807, 2.05) is 66.5 Å². The molecule has 9 heteroatoms. The molecule has 0 unspecified atom stereocenters. The van der Waals surface area contributed by atoms with Crippen LogP contribution in [-0.4, -0.2) is 25.5 Å². The predicted octanol–water partition coefficient (Wildman–Crippen LogP) is 6.42. The van der Waals surface area contributed by atoms with Crippen LogP contribution in [0.15, 0.2) is 53.0 Å². The number of halogens is 3. The largest absolute Gasteiger partial charge is 0.305 e. The van der Waals surface area contributed by atoms with Gasteiger partial charge in [0.1, 0.15) is 0 Å². The molecule has 1 N–H and O–H groups in total. The van der Waals surface area contributed by atoms with Crippen LogP contribution in [0.3, 0.4) is 0 Å². The maximum Gasteiger partial charge on any atom is 0.256 e. The third kappa shape index (κ3) is 5.32. The van der Waals surface area contributed by atoms with Crippen LogP contribution in [0.25, 0.3) is 0 Å². The number of amides is 1. The molecule has 1 amide bonds. The first kappa shape index (κ1) is 23.5. The lowest BCUT2D eigenvalue weighted by Gasteiger charge is -2.08. The molecule has 0 radical (unpaired) electrons. The van der Waals surface area contributed by atoms with Crippen LogP contribution in [0.1, 0.15) is 38.6 Å². The summed E-state index contributed by atoms with van der Waals surface area (Å²) in [5.41, 5.74) is 5.42. The van der Waals surface area contributed by atoms with Crippen molar-refractivity contribution in [2.24, 2.45) is 0 Å². The van der Waals surface area contributed by atoms with E-state index in [0.29, 0.717) is 34.5 Å². The molecule has 0 aliphatic carbocycles. The van der Waals surface area contributed by atoms with Crippen molar-refractivity contribution < 1.29 is 4.79 Å². The fraction of sp³-hybridized carbons (Fsp3) is 0.208. The van der Waals surface area contributed by atoms with Gasteiger partial charge >= 0.3 is 0 Å². The van der Waals surface area contributed by atoms with Crippen molar-refractivity contribution in [2.45, 2.75) is 33.9 Å². The lowest BCUT2D eigenvalue weighted by molar-refractivity contribution is 0.102. The summed E-state index contributed by atoms with van der Waals surface area (Å²) in [6.45, 7) is 7.01. The average molecular weight is 547 g/mol. The lowest BCUT2D eigenvalue weighted by Crippen LogP contribution is -2.14. The molecule has 0 aliphatic heterocycles. The molecule has 4 aromatic rings. The van der Waals surface area contributed by atoms with Gasteiger partial charge in [-0.2, -0.15) is 10.2 Å². The number of carbonyl (C=O) groups is 1. The second kappa shape index (κ2) is 9.71. The second-order valence-corrected chi connectivity index (χ2v) is 9.48. The standard InChI is InChI=1S/C24H22BrCl2N5O/c1-14-9-22(30-31(14)12-18-7-8-20(26)21(27)11-18)28-24(33)19-6-4-5-17(10-19)13-32-16(3)23(25)15(2)29-32/h4-11H,12-13H2,1-3H3,(H,28,30,33). The normalized spacial score (nSPS) is 11.1. The highest BCUT2D eigenvalue weighted by Gasteiger charge is 2.13. The first-order valence-electron chi connectivity index (χ1n) is 10.3. The van der Waals surface area contributed by atoms with E-state index in [9.17, 15) is 4.79 Å². The molecule has 2 heterocycles. The number of anilines is 1. The summed E-state index contributed by atoms with van der Waals surface area (Å²) in [7, 11) is 0. The van der Waals surface area contributed by atoms with E-state index in [2.05, 4.69) is 31.4 Å². The van der Waals surface area contributed by atoms with Crippen LogP contribution in [0, 0.1) is 20.8 Å². The van der Waals surface area contributed by atoms with Crippen molar-refractivity contribution in [3.63, 3.8) is 0 Å². The summed E-state index contributed by atoms with van der Waals surface area (Å²) in [6.07, 6.45) is 0. The molecular formula is C24H22BrCl2N5O. The Labute approximate surface area is 210 Å². The van der Waals surface area contributed by atoms with Gasteiger partial charge in [-0.3, -0.25) is 14.2 Å². The molecule has 0 bridgehead atoms. The van der Waals surface area contributed by atoms with E-state index >= 15 is 0 Å². The van der Waals surface area contributed by atoms with Crippen LogP contribution >= 0.6 is 39.1 Å². The predicted molar refractivity (Wildman–Crippen MR) is 135 cm³/mol. The number of hydrogen-bond acceptors (Lipinski definition) is 3. The van der Waals surface area contributed by atoms with Gasteiger partial charge in [-0.25, -0.2) is 0 Å². The topological polar surface area (TPSA) is 64.7 Å². The average Bonchev–Trinajstić information content (AvgIpc) is 3.24. The van der Waals surface area contributed by atoms with Gasteiger partial charge in [0.25, 0.3) is 5.91 Å². The fourth-order valence-electron chi connectivity index (χ4n) is 3.54. The molecule has 6 nitrogen and oxygen atoms in total. The van der Waals surface area contributed by atoms with Crippen LogP contribution in [0.2, 0.25) is 10.0 Å².